The Bertz CT molecular complexity index is 823. The van der Waals surface area contributed by atoms with Gasteiger partial charge < -0.3 is 5.32 Å². The van der Waals surface area contributed by atoms with Gasteiger partial charge in [-0.1, -0.05) is 6.42 Å². The third-order valence-electron chi connectivity index (χ3n) is 6.06. The molecule has 0 bridgehead atoms. The van der Waals surface area contributed by atoms with E-state index in [-0.39, 0.29) is 16.6 Å². The summed E-state index contributed by atoms with van der Waals surface area (Å²) in [5.41, 5.74) is 0.300. The van der Waals surface area contributed by atoms with Crippen LogP contribution in [0, 0.1) is 10.1 Å². The Kier molecular flexibility index (Phi) is 5.09. The van der Waals surface area contributed by atoms with Crippen LogP contribution in [-0.4, -0.2) is 60.8 Å². The van der Waals surface area contributed by atoms with Crippen LogP contribution in [0.15, 0.2) is 23.1 Å². The Morgan fingerprint density at radius 2 is 1.78 bits per heavy atom. The van der Waals surface area contributed by atoms with Gasteiger partial charge in [-0.15, -0.1) is 0 Å². The van der Waals surface area contributed by atoms with Crippen LogP contribution in [-0.2, 0) is 10.0 Å². The number of fused-ring (bicyclic) bond motifs is 1. The summed E-state index contributed by atoms with van der Waals surface area (Å²) in [6, 6.07) is 4.75. The minimum Gasteiger partial charge on any atom is -0.380 e. The largest absolute Gasteiger partial charge is 0.380 e. The third-order valence-corrected chi connectivity index (χ3v) is 7.99. The maximum atomic E-state index is 13.1. The van der Waals surface area contributed by atoms with E-state index < -0.39 is 14.9 Å². The molecule has 0 spiro atoms. The molecule has 1 N–H and O–H groups in total. The topological polar surface area (TPSA) is 95.8 Å². The van der Waals surface area contributed by atoms with Gasteiger partial charge in [0.2, 0.25) is 10.0 Å². The molecule has 1 aromatic carbocycles. The van der Waals surface area contributed by atoms with E-state index in [1.807, 2.05) is 0 Å². The number of non-ortho nitro benzene ring substituents is 1. The van der Waals surface area contributed by atoms with E-state index in [0.29, 0.717) is 24.8 Å². The molecule has 148 valence electrons. The highest BCUT2D eigenvalue weighted by molar-refractivity contribution is 7.89. The smallest absolute Gasteiger partial charge is 0.270 e. The first kappa shape index (κ1) is 18.6. The highest BCUT2D eigenvalue weighted by Gasteiger charge is 2.37. The van der Waals surface area contributed by atoms with Crippen molar-refractivity contribution in [3.05, 3.63) is 28.3 Å². The SMILES string of the molecule is O=[N+]([O-])c1ccc(N[C@@H]2CCN3CCCC[C@@H]23)c(S(=O)(=O)N2CCCC2)c1. The lowest BCUT2D eigenvalue weighted by molar-refractivity contribution is -0.385. The van der Waals surface area contributed by atoms with Crippen LogP contribution in [0.3, 0.4) is 0 Å². The average Bonchev–Trinajstić information content (AvgIpc) is 3.33. The van der Waals surface area contributed by atoms with Gasteiger partial charge in [-0.25, -0.2) is 8.42 Å². The summed E-state index contributed by atoms with van der Waals surface area (Å²) in [6.45, 7) is 3.07. The lowest BCUT2D eigenvalue weighted by Crippen LogP contribution is -2.42. The summed E-state index contributed by atoms with van der Waals surface area (Å²) in [4.78, 5) is 13.2. The molecule has 3 aliphatic heterocycles. The average molecular weight is 394 g/mol. The second kappa shape index (κ2) is 7.37. The fraction of sp³-hybridized carbons (Fsp3) is 0.667. The van der Waals surface area contributed by atoms with E-state index in [4.69, 9.17) is 0 Å². The molecular weight excluding hydrogens is 368 g/mol. The molecule has 4 rings (SSSR count). The number of rotatable bonds is 5. The van der Waals surface area contributed by atoms with Crippen LogP contribution in [0.2, 0.25) is 0 Å². The second-order valence-corrected chi connectivity index (χ2v) is 9.59. The van der Waals surface area contributed by atoms with Crippen molar-refractivity contribution in [1.82, 2.24) is 9.21 Å². The lowest BCUT2D eigenvalue weighted by atomic mass is 9.99. The number of sulfonamides is 1. The summed E-state index contributed by atoms with van der Waals surface area (Å²) < 4.78 is 27.7. The van der Waals surface area contributed by atoms with Gasteiger partial charge in [0.1, 0.15) is 4.90 Å². The van der Waals surface area contributed by atoms with E-state index in [2.05, 4.69) is 10.2 Å². The number of nitrogens with zero attached hydrogens (tertiary/aromatic N) is 3. The Labute approximate surface area is 159 Å². The normalized spacial score (nSPS) is 26.8. The van der Waals surface area contributed by atoms with Crippen LogP contribution in [0.1, 0.15) is 38.5 Å². The van der Waals surface area contributed by atoms with Gasteiger partial charge >= 0.3 is 0 Å². The number of nitro groups is 1. The van der Waals surface area contributed by atoms with Gasteiger partial charge in [0.05, 0.1) is 10.6 Å². The van der Waals surface area contributed by atoms with Gasteiger partial charge in [0.25, 0.3) is 5.69 Å². The first-order chi connectivity index (χ1) is 13.0. The molecule has 3 heterocycles. The molecule has 0 amide bonds. The third kappa shape index (κ3) is 3.55. The molecule has 0 radical (unpaired) electrons. The van der Waals surface area contributed by atoms with E-state index >= 15 is 0 Å². The van der Waals surface area contributed by atoms with Crippen molar-refractivity contribution in [2.24, 2.45) is 0 Å². The lowest BCUT2D eigenvalue weighted by Gasteiger charge is -2.33. The molecular formula is C18H26N4O4S. The zero-order chi connectivity index (χ0) is 19.0. The molecule has 3 fully saturated rings. The minimum absolute atomic E-state index is 0.0351. The number of hydrogen-bond acceptors (Lipinski definition) is 6. The molecule has 3 aliphatic rings. The number of anilines is 1. The van der Waals surface area contributed by atoms with Crippen molar-refractivity contribution in [2.45, 2.75) is 55.5 Å². The van der Waals surface area contributed by atoms with Crippen molar-refractivity contribution >= 4 is 21.4 Å². The van der Waals surface area contributed by atoms with Crippen molar-refractivity contribution in [1.29, 1.82) is 0 Å². The summed E-state index contributed by atoms with van der Waals surface area (Å²) in [5.74, 6) is 0. The monoisotopic (exact) mass is 394 g/mol. The Hall–Kier alpha value is -1.71. The highest BCUT2D eigenvalue weighted by Crippen LogP contribution is 2.34. The Morgan fingerprint density at radius 1 is 1.04 bits per heavy atom. The molecule has 9 heteroatoms. The van der Waals surface area contributed by atoms with E-state index in [1.165, 1.54) is 29.3 Å². The van der Waals surface area contributed by atoms with Gasteiger partial charge in [-0.3, -0.25) is 15.0 Å². The number of nitro benzene ring substituents is 1. The van der Waals surface area contributed by atoms with E-state index in [9.17, 15) is 18.5 Å². The molecule has 27 heavy (non-hydrogen) atoms. The van der Waals surface area contributed by atoms with E-state index in [1.54, 1.807) is 6.07 Å². The summed E-state index contributed by atoms with van der Waals surface area (Å²) >= 11 is 0. The fourth-order valence-electron chi connectivity index (χ4n) is 4.64. The molecule has 0 aromatic heterocycles. The second-order valence-electron chi connectivity index (χ2n) is 7.69. The van der Waals surface area contributed by atoms with Crippen molar-refractivity contribution in [3.63, 3.8) is 0 Å². The van der Waals surface area contributed by atoms with Crippen LogP contribution < -0.4 is 5.32 Å². The number of hydrogen-bond donors (Lipinski definition) is 1. The van der Waals surface area contributed by atoms with Gasteiger partial charge in [0, 0.05) is 43.9 Å². The summed E-state index contributed by atoms with van der Waals surface area (Å²) in [5, 5.41) is 14.6. The first-order valence-corrected chi connectivity index (χ1v) is 11.2. The highest BCUT2D eigenvalue weighted by atomic mass is 32.2. The Morgan fingerprint density at radius 3 is 2.52 bits per heavy atom. The van der Waals surface area contributed by atoms with Crippen molar-refractivity contribution in [3.8, 4) is 0 Å². The maximum Gasteiger partial charge on any atom is 0.270 e. The fourth-order valence-corrected chi connectivity index (χ4v) is 6.33. The summed E-state index contributed by atoms with van der Waals surface area (Å²) in [6.07, 6.45) is 6.14. The standard InChI is InChI=1S/C18H26N4O4S/c23-22(24)14-6-7-16(18(13-14)27(25,26)21-10-3-4-11-21)19-15-8-12-20-9-2-1-5-17(15)20/h6-7,13,15,17,19H,1-5,8-12H2/t15-,17+/m1/s1. The van der Waals surface area contributed by atoms with E-state index in [0.717, 1.165) is 38.8 Å². The van der Waals surface area contributed by atoms with Crippen LogP contribution in [0.5, 0.6) is 0 Å². The molecule has 8 nitrogen and oxygen atoms in total. The quantitative estimate of drug-likeness (QED) is 0.609. The first-order valence-electron chi connectivity index (χ1n) is 9.76. The summed E-state index contributed by atoms with van der Waals surface area (Å²) in [7, 11) is -3.74. The van der Waals surface area contributed by atoms with Gasteiger partial charge in [0.15, 0.2) is 0 Å². The number of nitrogens with one attached hydrogen (secondary N) is 1. The molecule has 1 aromatic rings. The van der Waals surface area contributed by atoms with Crippen molar-refractivity contribution in [2.75, 3.05) is 31.5 Å². The maximum absolute atomic E-state index is 13.1. The van der Waals surface area contributed by atoms with Crippen LogP contribution in [0.25, 0.3) is 0 Å². The van der Waals surface area contributed by atoms with Gasteiger partial charge in [-0.2, -0.15) is 4.31 Å². The molecule has 0 saturated carbocycles. The number of piperidine rings is 1. The van der Waals surface area contributed by atoms with Crippen LogP contribution in [0.4, 0.5) is 11.4 Å². The Balaban J connectivity index is 1.66. The zero-order valence-electron chi connectivity index (χ0n) is 15.3. The molecule has 3 saturated heterocycles. The minimum atomic E-state index is -3.74. The molecule has 2 atom stereocenters. The predicted molar refractivity (Wildman–Crippen MR) is 102 cm³/mol. The predicted octanol–water partition coefficient (Wildman–Crippen LogP) is 2.42. The van der Waals surface area contributed by atoms with Crippen molar-refractivity contribution < 1.29 is 13.3 Å². The molecule has 0 unspecified atom stereocenters. The van der Waals surface area contributed by atoms with Gasteiger partial charge in [-0.05, 0) is 44.7 Å². The zero-order valence-corrected chi connectivity index (χ0v) is 16.2. The number of benzene rings is 1. The van der Waals surface area contributed by atoms with Crippen LogP contribution >= 0.6 is 0 Å². The molecule has 0 aliphatic carbocycles.